The molecule has 0 bridgehead atoms. The number of aliphatic carboxylic acids is 1. The van der Waals surface area contributed by atoms with Gasteiger partial charge in [-0.25, -0.2) is 0 Å². The molecule has 0 spiro atoms. The topological polar surface area (TPSA) is 66.8 Å². The molecule has 1 aliphatic rings. The Balaban J connectivity index is 2.29. The summed E-state index contributed by atoms with van der Waals surface area (Å²) < 4.78 is 5.13. The summed E-state index contributed by atoms with van der Waals surface area (Å²) in [5, 5.41) is 19.3. The number of carboxylic acids is 1. The molecular formula is C13H16O4. The molecule has 0 saturated heterocycles. The Kier molecular flexibility index (Phi) is 2.83. The Bertz CT molecular complexity index is 449. The number of aliphatic hydroxyl groups excluding tert-OH is 1. The van der Waals surface area contributed by atoms with Crippen LogP contribution >= 0.6 is 0 Å². The number of benzene rings is 1. The summed E-state index contributed by atoms with van der Waals surface area (Å²) in [6, 6.07) is 5.26. The molecule has 1 aliphatic carbocycles. The van der Waals surface area contributed by atoms with Crippen molar-refractivity contribution in [3.8, 4) is 5.75 Å². The van der Waals surface area contributed by atoms with Crippen LogP contribution in [-0.2, 0) is 4.79 Å². The van der Waals surface area contributed by atoms with Crippen molar-refractivity contribution >= 4 is 5.97 Å². The second-order valence-corrected chi connectivity index (χ2v) is 4.59. The summed E-state index contributed by atoms with van der Waals surface area (Å²) in [4.78, 5) is 11.1. The van der Waals surface area contributed by atoms with Crippen LogP contribution in [0, 0.1) is 12.3 Å². The predicted octanol–water partition coefficient (Wildman–Crippen LogP) is 1.90. The molecule has 0 heterocycles. The van der Waals surface area contributed by atoms with Crippen LogP contribution in [-0.4, -0.2) is 23.3 Å². The van der Waals surface area contributed by atoms with Gasteiger partial charge >= 0.3 is 5.97 Å². The third-order valence-electron chi connectivity index (χ3n) is 3.47. The molecule has 2 N–H and O–H groups in total. The zero-order valence-corrected chi connectivity index (χ0v) is 9.93. The lowest BCUT2D eigenvalue weighted by Crippen LogP contribution is -2.23. The first-order chi connectivity index (χ1) is 8.01. The van der Waals surface area contributed by atoms with Gasteiger partial charge in [0.15, 0.2) is 0 Å². The van der Waals surface area contributed by atoms with Crippen LogP contribution < -0.4 is 4.74 Å². The summed E-state index contributed by atoms with van der Waals surface area (Å²) in [5.41, 5.74) is 0.564. The number of methoxy groups -OCH3 is 1. The quantitative estimate of drug-likeness (QED) is 0.838. The number of aliphatic hydroxyl groups is 1. The normalized spacial score (nSPS) is 18.5. The SMILES string of the molecule is COc1ccc(C(O)C2(C(=O)O)CC2)cc1C. The minimum atomic E-state index is -0.971. The van der Waals surface area contributed by atoms with Gasteiger partial charge < -0.3 is 14.9 Å². The Labute approximate surface area is 99.8 Å². The van der Waals surface area contributed by atoms with Crippen LogP contribution in [0.5, 0.6) is 5.75 Å². The van der Waals surface area contributed by atoms with E-state index in [9.17, 15) is 9.90 Å². The molecule has 0 aromatic heterocycles. The van der Waals surface area contributed by atoms with Crippen molar-refractivity contribution in [2.45, 2.75) is 25.9 Å². The molecule has 4 heteroatoms. The maximum Gasteiger partial charge on any atom is 0.312 e. The maximum absolute atomic E-state index is 11.1. The minimum Gasteiger partial charge on any atom is -0.496 e. The minimum absolute atomic E-state index is 0.536. The average Bonchev–Trinajstić information content (AvgIpc) is 3.09. The first-order valence-electron chi connectivity index (χ1n) is 5.57. The molecule has 0 amide bonds. The Hall–Kier alpha value is -1.55. The molecule has 2 rings (SSSR count). The van der Waals surface area contributed by atoms with Gasteiger partial charge in [-0.2, -0.15) is 0 Å². The van der Waals surface area contributed by atoms with E-state index in [1.54, 1.807) is 25.3 Å². The van der Waals surface area contributed by atoms with Crippen molar-refractivity contribution in [2.75, 3.05) is 7.11 Å². The maximum atomic E-state index is 11.1. The van der Waals surface area contributed by atoms with E-state index >= 15 is 0 Å². The first kappa shape index (κ1) is 11.9. The van der Waals surface area contributed by atoms with Gasteiger partial charge in [0, 0.05) is 0 Å². The van der Waals surface area contributed by atoms with Crippen molar-refractivity contribution in [3.05, 3.63) is 29.3 Å². The lowest BCUT2D eigenvalue weighted by molar-refractivity contribution is -0.148. The van der Waals surface area contributed by atoms with Gasteiger partial charge in [0.1, 0.15) is 5.75 Å². The Morgan fingerprint density at radius 1 is 1.47 bits per heavy atom. The van der Waals surface area contributed by atoms with Crippen molar-refractivity contribution in [1.82, 2.24) is 0 Å². The van der Waals surface area contributed by atoms with Crippen molar-refractivity contribution in [3.63, 3.8) is 0 Å². The molecule has 1 aromatic carbocycles. The van der Waals surface area contributed by atoms with Gasteiger partial charge in [-0.3, -0.25) is 4.79 Å². The number of hydrogen-bond acceptors (Lipinski definition) is 3. The van der Waals surface area contributed by atoms with Crippen LogP contribution in [0.4, 0.5) is 0 Å². The number of carboxylic acid groups (broad SMARTS) is 1. The van der Waals surface area contributed by atoms with Crippen molar-refractivity contribution in [1.29, 1.82) is 0 Å². The summed E-state index contributed by atoms with van der Waals surface area (Å²) >= 11 is 0. The molecule has 1 fully saturated rings. The fourth-order valence-electron chi connectivity index (χ4n) is 2.13. The van der Waals surface area contributed by atoms with E-state index in [-0.39, 0.29) is 0 Å². The molecule has 1 aromatic rings. The summed E-state index contributed by atoms with van der Waals surface area (Å²) in [7, 11) is 1.58. The Morgan fingerprint density at radius 2 is 2.12 bits per heavy atom. The first-order valence-corrected chi connectivity index (χ1v) is 5.57. The fraction of sp³-hybridized carbons (Fsp3) is 0.462. The zero-order chi connectivity index (χ0) is 12.6. The van der Waals surface area contributed by atoms with Gasteiger partial charge in [-0.15, -0.1) is 0 Å². The van der Waals surface area contributed by atoms with Crippen LogP contribution in [0.15, 0.2) is 18.2 Å². The van der Waals surface area contributed by atoms with Crippen LogP contribution in [0.25, 0.3) is 0 Å². The van der Waals surface area contributed by atoms with Crippen LogP contribution in [0.1, 0.15) is 30.1 Å². The Morgan fingerprint density at radius 3 is 2.53 bits per heavy atom. The molecule has 1 saturated carbocycles. The highest BCUT2D eigenvalue weighted by atomic mass is 16.5. The van der Waals surface area contributed by atoms with E-state index in [1.807, 2.05) is 6.92 Å². The van der Waals surface area contributed by atoms with E-state index < -0.39 is 17.5 Å². The highest BCUT2D eigenvalue weighted by Gasteiger charge is 2.56. The number of rotatable bonds is 4. The van der Waals surface area contributed by atoms with E-state index in [0.717, 1.165) is 11.3 Å². The van der Waals surface area contributed by atoms with Crippen LogP contribution in [0.2, 0.25) is 0 Å². The van der Waals surface area contributed by atoms with Gasteiger partial charge in [0.25, 0.3) is 0 Å². The lowest BCUT2D eigenvalue weighted by Gasteiger charge is -2.19. The third kappa shape index (κ3) is 1.89. The summed E-state index contributed by atoms with van der Waals surface area (Å²) in [6.07, 6.45) is 0.132. The summed E-state index contributed by atoms with van der Waals surface area (Å²) in [6.45, 7) is 1.87. The monoisotopic (exact) mass is 236 g/mol. The number of hydrogen-bond donors (Lipinski definition) is 2. The van der Waals surface area contributed by atoms with E-state index in [1.165, 1.54) is 0 Å². The van der Waals surface area contributed by atoms with E-state index in [0.29, 0.717) is 18.4 Å². The molecule has 17 heavy (non-hydrogen) atoms. The van der Waals surface area contributed by atoms with Gasteiger partial charge in [0.05, 0.1) is 18.6 Å². The van der Waals surface area contributed by atoms with Crippen LogP contribution in [0.3, 0.4) is 0 Å². The standard InChI is InChI=1S/C13H16O4/c1-8-7-9(3-4-10(8)17-2)11(14)13(5-6-13)12(15)16/h3-4,7,11,14H,5-6H2,1-2H3,(H,15,16). The average molecular weight is 236 g/mol. The molecule has 0 aliphatic heterocycles. The lowest BCUT2D eigenvalue weighted by atomic mass is 9.92. The predicted molar refractivity (Wildman–Crippen MR) is 62.0 cm³/mol. The van der Waals surface area contributed by atoms with Gasteiger partial charge in [-0.1, -0.05) is 6.07 Å². The molecule has 1 atom stereocenters. The molecular weight excluding hydrogens is 220 g/mol. The number of carbonyl (C=O) groups is 1. The van der Waals surface area contributed by atoms with Crippen molar-refractivity contribution in [2.24, 2.45) is 5.41 Å². The molecule has 92 valence electrons. The van der Waals surface area contributed by atoms with E-state index in [2.05, 4.69) is 0 Å². The summed E-state index contributed by atoms with van der Waals surface area (Å²) in [5.74, 6) is -0.181. The van der Waals surface area contributed by atoms with Gasteiger partial charge in [0.2, 0.25) is 0 Å². The van der Waals surface area contributed by atoms with Gasteiger partial charge in [-0.05, 0) is 43.0 Å². The molecule has 1 unspecified atom stereocenters. The van der Waals surface area contributed by atoms with Crippen molar-refractivity contribution < 1.29 is 19.7 Å². The molecule has 4 nitrogen and oxygen atoms in total. The highest BCUT2D eigenvalue weighted by Crippen LogP contribution is 2.55. The highest BCUT2D eigenvalue weighted by molar-refractivity contribution is 5.79. The second kappa shape index (κ2) is 4.04. The second-order valence-electron chi connectivity index (χ2n) is 4.59. The zero-order valence-electron chi connectivity index (χ0n) is 9.93. The van der Waals surface area contributed by atoms with E-state index in [4.69, 9.17) is 9.84 Å². The third-order valence-corrected chi connectivity index (χ3v) is 3.47. The molecule has 0 radical (unpaired) electrons. The fourth-order valence-corrected chi connectivity index (χ4v) is 2.13. The largest absolute Gasteiger partial charge is 0.496 e. The number of aryl methyl sites for hydroxylation is 1. The smallest absolute Gasteiger partial charge is 0.312 e. The number of ether oxygens (including phenoxy) is 1.